The number of ether oxygens (including phenoxy) is 1. The monoisotopic (exact) mass is 264 g/mol. The van der Waals surface area contributed by atoms with Crippen molar-refractivity contribution in [3.05, 3.63) is 47.2 Å². The molecule has 0 saturated carbocycles. The molecule has 5 heteroatoms. The molecule has 18 heavy (non-hydrogen) atoms. The number of hydrogen-bond donors (Lipinski definition) is 1. The van der Waals surface area contributed by atoms with Crippen molar-refractivity contribution in [2.24, 2.45) is 7.05 Å². The van der Waals surface area contributed by atoms with Crippen LogP contribution in [0.5, 0.6) is 5.75 Å². The first-order valence-corrected chi connectivity index (χ1v) is 5.75. The second-order valence-corrected chi connectivity index (χ2v) is 4.28. The van der Waals surface area contributed by atoms with Gasteiger partial charge >= 0.3 is 0 Å². The summed E-state index contributed by atoms with van der Waals surface area (Å²) in [6, 6.07) is 6.86. The van der Waals surface area contributed by atoms with E-state index in [4.69, 9.17) is 16.3 Å². The van der Waals surface area contributed by atoms with E-state index in [0.29, 0.717) is 22.0 Å². The van der Waals surface area contributed by atoms with Crippen LogP contribution in [0.3, 0.4) is 0 Å². The summed E-state index contributed by atoms with van der Waals surface area (Å²) in [5, 5.41) is 3.23. The van der Waals surface area contributed by atoms with E-state index in [-0.39, 0.29) is 5.91 Å². The molecule has 0 unspecified atom stereocenters. The standard InChI is InChI=1S/C13H13ClN2O2/c1-16-6-5-9(8-16)13(17)15-10-3-4-12(18-2)11(14)7-10/h3-8H,1-2H3,(H,15,17). The summed E-state index contributed by atoms with van der Waals surface area (Å²) in [6.45, 7) is 0. The highest BCUT2D eigenvalue weighted by molar-refractivity contribution is 6.32. The summed E-state index contributed by atoms with van der Waals surface area (Å²) in [6.07, 6.45) is 3.57. The summed E-state index contributed by atoms with van der Waals surface area (Å²) in [5.74, 6) is 0.409. The fraction of sp³-hybridized carbons (Fsp3) is 0.154. The topological polar surface area (TPSA) is 43.3 Å². The zero-order chi connectivity index (χ0) is 13.1. The van der Waals surface area contributed by atoms with Gasteiger partial charge in [-0.1, -0.05) is 11.6 Å². The van der Waals surface area contributed by atoms with E-state index in [0.717, 1.165) is 0 Å². The van der Waals surface area contributed by atoms with Crippen LogP contribution in [0, 0.1) is 0 Å². The van der Waals surface area contributed by atoms with Crippen LogP contribution in [0.4, 0.5) is 5.69 Å². The first-order chi connectivity index (χ1) is 8.60. The number of halogens is 1. The predicted molar refractivity (Wildman–Crippen MR) is 71.4 cm³/mol. The maximum atomic E-state index is 11.9. The fourth-order valence-electron chi connectivity index (χ4n) is 1.59. The molecule has 1 aromatic carbocycles. The molecule has 4 nitrogen and oxygen atoms in total. The van der Waals surface area contributed by atoms with Gasteiger partial charge in [-0.3, -0.25) is 4.79 Å². The lowest BCUT2D eigenvalue weighted by Crippen LogP contribution is -2.11. The molecule has 0 radical (unpaired) electrons. The largest absolute Gasteiger partial charge is 0.495 e. The zero-order valence-electron chi connectivity index (χ0n) is 10.1. The van der Waals surface area contributed by atoms with Gasteiger partial charge in [-0.2, -0.15) is 0 Å². The summed E-state index contributed by atoms with van der Waals surface area (Å²) in [5.41, 5.74) is 1.24. The highest BCUT2D eigenvalue weighted by atomic mass is 35.5. The Morgan fingerprint density at radius 1 is 1.39 bits per heavy atom. The van der Waals surface area contributed by atoms with Gasteiger partial charge in [0.1, 0.15) is 5.75 Å². The van der Waals surface area contributed by atoms with Gasteiger partial charge in [0.25, 0.3) is 5.91 Å². The Hall–Kier alpha value is -1.94. The molecule has 1 amide bonds. The van der Waals surface area contributed by atoms with Gasteiger partial charge in [0, 0.05) is 25.1 Å². The molecular weight excluding hydrogens is 252 g/mol. The average Bonchev–Trinajstić information content (AvgIpc) is 2.76. The number of hydrogen-bond acceptors (Lipinski definition) is 2. The number of amides is 1. The molecule has 0 fully saturated rings. The van der Waals surface area contributed by atoms with Crippen LogP contribution < -0.4 is 10.1 Å². The molecular formula is C13H13ClN2O2. The maximum absolute atomic E-state index is 11.9. The first kappa shape index (κ1) is 12.5. The molecule has 0 bridgehead atoms. The summed E-state index contributed by atoms with van der Waals surface area (Å²) in [7, 11) is 3.41. The van der Waals surface area contributed by atoms with Crippen molar-refractivity contribution in [2.75, 3.05) is 12.4 Å². The Morgan fingerprint density at radius 3 is 2.72 bits per heavy atom. The van der Waals surface area contributed by atoms with Gasteiger partial charge in [-0.05, 0) is 24.3 Å². The lowest BCUT2D eigenvalue weighted by atomic mass is 10.2. The molecule has 94 valence electrons. The number of aryl methyl sites for hydroxylation is 1. The van der Waals surface area contributed by atoms with Crippen LogP contribution >= 0.6 is 11.6 Å². The third-order valence-electron chi connectivity index (χ3n) is 2.50. The molecule has 1 heterocycles. The smallest absolute Gasteiger partial charge is 0.257 e. The molecule has 0 atom stereocenters. The lowest BCUT2D eigenvalue weighted by molar-refractivity contribution is 0.102. The van der Waals surface area contributed by atoms with Crippen molar-refractivity contribution in [3.63, 3.8) is 0 Å². The van der Waals surface area contributed by atoms with E-state index < -0.39 is 0 Å². The van der Waals surface area contributed by atoms with Crippen LogP contribution in [0.25, 0.3) is 0 Å². The first-order valence-electron chi connectivity index (χ1n) is 5.37. The van der Waals surface area contributed by atoms with Crippen LogP contribution in [0.2, 0.25) is 5.02 Å². The molecule has 1 N–H and O–H groups in total. The Labute approximate surface area is 110 Å². The number of nitrogens with one attached hydrogen (secondary N) is 1. The van der Waals surface area contributed by atoms with Crippen molar-refractivity contribution in [2.45, 2.75) is 0 Å². The van der Waals surface area contributed by atoms with Gasteiger partial charge < -0.3 is 14.6 Å². The summed E-state index contributed by atoms with van der Waals surface area (Å²) >= 11 is 5.98. The molecule has 1 aromatic heterocycles. The number of carbonyl (C=O) groups excluding carboxylic acids is 1. The maximum Gasteiger partial charge on any atom is 0.257 e. The fourth-order valence-corrected chi connectivity index (χ4v) is 1.84. The van der Waals surface area contributed by atoms with Crippen molar-refractivity contribution >= 4 is 23.2 Å². The zero-order valence-corrected chi connectivity index (χ0v) is 10.9. The van der Waals surface area contributed by atoms with Gasteiger partial charge in [0.15, 0.2) is 0 Å². The summed E-state index contributed by atoms with van der Waals surface area (Å²) in [4.78, 5) is 11.9. The van der Waals surface area contributed by atoms with E-state index in [1.54, 1.807) is 37.6 Å². The van der Waals surface area contributed by atoms with Crippen LogP contribution in [-0.2, 0) is 7.05 Å². The average molecular weight is 265 g/mol. The second kappa shape index (κ2) is 5.14. The molecule has 0 aliphatic rings. The second-order valence-electron chi connectivity index (χ2n) is 3.87. The molecule has 0 aliphatic heterocycles. The van der Waals surface area contributed by atoms with Gasteiger partial charge in [0.2, 0.25) is 0 Å². The van der Waals surface area contributed by atoms with E-state index >= 15 is 0 Å². The van der Waals surface area contributed by atoms with Crippen molar-refractivity contribution in [1.82, 2.24) is 4.57 Å². The minimum absolute atomic E-state index is 0.170. The number of nitrogens with zero attached hydrogens (tertiary/aromatic N) is 1. The Kier molecular flexibility index (Phi) is 3.58. The van der Waals surface area contributed by atoms with E-state index in [9.17, 15) is 4.79 Å². The molecule has 2 aromatic rings. The van der Waals surface area contributed by atoms with Crippen LogP contribution in [-0.4, -0.2) is 17.6 Å². The van der Waals surface area contributed by atoms with Crippen LogP contribution in [0.15, 0.2) is 36.7 Å². The minimum atomic E-state index is -0.170. The van der Waals surface area contributed by atoms with Gasteiger partial charge in [0.05, 0.1) is 17.7 Å². The highest BCUT2D eigenvalue weighted by Crippen LogP contribution is 2.27. The van der Waals surface area contributed by atoms with Crippen molar-refractivity contribution in [1.29, 1.82) is 0 Å². The van der Waals surface area contributed by atoms with Gasteiger partial charge in [-0.25, -0.2) is 0 Å². The third-order valence-corrected chi connectivity index (χ3v) is 2.80. The van der Waals surface area contributed by atoms with E-state index in [2.05, 4.69) is 5.32 Å². The van der Waals surface area contributed by atoms with Crippen LogP contribution in [0.1, 0.15) is 10.4 Å². The Bertz CT molecular complexity index is 578. The predicted octanol–water partition coefficient (Wildman–Crippen LogP) is 2.94. The molecule has 0 spiro atoms. The van der Waals surface area contributed by atoms with Crippen molar-refractivity contribution in [3.8, 4) is 5.75 Å². The molecule has 0 saturated heterocycles. The number of methoxy groups -OCH3 is 1. The van der Waals surface area contributed by atoms with Gasteiger partial charge in [-0.15, -0.1) is 0 Å². The minimum Gasteiger partial charge on any atom is -0.495 e. The summed E-state index contributed by atoms with van der Waals surface area (Å²) < 4.78 is 6.86. The third kappa shape index (κ3) is 2.65. The number of benzene rings is 1. The normalized spacial score (nSPS) is 10.2. The van der Waals surface area contributed by atoms with E-state index in [1.165, 1.54) is 0 Å². The number of aromatic nitrogens is 1. The SMILES string of the molecule is COc1ccc(NC(=O)c2ccn(C)c2)cc1Cl. The quantitative estimate of drug-likeness (QED) is 0.926. The van der Waals surface area contributed by atoms with Crippen molar-refractivity contribution < 1.29 is 9.53 Å². The number of anilines is 1. The Morgan fingerprint density at radius 2 is 2.17 bits per heavy atom. The number of rotatable bonds is 3. The Balaban J connectivity index is 2.14. The highest BCUT2D eigenvalue weighted by Gasteiger charge is 2.08. The lowest BCUT2D eigenvalue weighted by Gasteiger charge is -2.07. The molecule has 2 rings (SSSR count). The molecule has 0 aliphatic carbocycles. The number of carbonyl (C=O) groups is 1. The van der Waals surface area contributed by atoms with E-state index in [1.807, 2.05) is 17.8 Å².